The van der Waals surface area contributed by atoms with Crippen LogP contribution in [0.5, 0.6) is 0 Å². The predicted molar refractivity (Wildman–Crippen MR) is 84.0 cm³/mol. The van der Waals surface area contributed by atoms with Crippen LogP contribution in [0.25, 0.3) is 5.69 Å². The second-order valence-electron chi connectivity index (χ2n) is 6.67. The highest BCUT2D eigenvalue weighted by Gasteiger charge is 2.33. The van der Waals surface area contributed by atoms with E-state index in [2.05, 4.69) is 27.8 Å². The summed E-state index contributed by atoms with van der Waals surface area (Å²) in [7, 11) is 0. The van der Waals surface area contributed by atoms with Crippen LogP contribution < -0.4 is 0 Å². The Balaban J connectivity index is 1.56. The maximum atomic E-state index is 10.7. The Labute approximate surface area is 130 Å². The maximum absolute atomic E-state index is 10.7. The van der Waals surface area contributed by atoms with Crippen LogP contribution in [0.3, 0.4) is 0 Å². The molecular formula is C18H22N2O2. The van der Waals surface area contributed by atoms with Crippen LogP contribution in [-0.2, 0) is 0 Å². The Kier molecular flexibility index (Phi) is 3.51. The minimum atomic E-state index is -0.313. The van der Waals surface area contributed by atoms with E-state index in [-0.39, 0.29) is 18.1 Å². The average Bonchev–Trinajstić information content (AvgIpc) is 3.11. The lowest BCUT2D eigenvalue weighted by atomic mass is 9.79. The number of aromatic nitrogens is 2. The molecule has 22 heavy (non-hydrogen) atoms. The highest BCUT2D eigenvalue weighted by atomic mass is 16.3. The first kappa shape index (κ1) is 14.0. The van der Waals surface area contributed by atoms with Gasteiger partial charge in [0.05, 0.1) is 29.9 Å². The van der Waals surface area contributed by atoms with E-state index >= 15 is 0 Å². The Hall–Kier alpha value is -1.65. The molecule has 0 bridgehead atoms. The molecule has 2 aromatic rings. The summed E-state index contributed by atoms with van der Waals surface area (Å²) in [5.74, 6) is 0.535. The lowest BCUT2D eigenvalue weighted by Gasteiger charge is -2.30. The third kappa shape index (κ3) is 2.27. The average molecular weight is 298 g/mol. The molecule has 2 atom stereocenters. The Bertz CT molecular complexity index is 659. The minimum absolute atomic E-state index is 0.169. The summed E-state index contributed by atoms with van der Waals surface area (Å²) in [5, 5.41) is 20.3. The molecule has 2 aliphatic rings. The molecule has 2 N–H and O–H groups in total. The zero-order valence-corrected chi connectivity index (χ0v) is 12.6. The van der Waals surface area contributed by atoms with Crippen molar-refractivity contribution in [3.05, 3.63) is 48.0 Å². The number of aliphatic hydroxyl groups excluding tert-OH is 2. The van der Waals surface area contributed by atoms with Gasteiger partial charge in [-0.15, -0.1) is 0 Å². The number of para-hydroxylation sites is 1. The van der Waals surface area contributed by atoms with Crippen molar-refractivity contribution in [2.75, 3.05) is 0 Å². The van der Waals surface area contributed by atoms with Gasteiger partial charge in [0.25, 0.3) is 0 Å². The van der Waals surface area contributed by atoms with Crippen molar-refractivity contribution in [2.45, 2.75) is 50.2 Å². The Morgan fingerprint density at radius 1 is 1.18 bits per heavy atom. The molecule has 0 spiro atoms. The molecule has 116 valence electrons. The van der Waals surface area contributed by atoms with Crippen LogP contribution in [0.15, 0.2) is 36.8 Å². The van der Waals surface area contributed by atoms with Crippen molar-refractivity contribution >= 4 is 0 Å². The number of nitrogens with zero attached hydrogens (tertiary/aromatic N) is 2. The molecule has 0 saturated heterocycles. The number of aliphatic hydroxyl groups is 2. The summed E-state index contributed by atoms with van der Waals surface area (Å²) in [5.41, 5.74) is 3.65. The van der Waals surface area contributed by atoms with Gasteiger partial charge >= 0.3 is 0 Å². The van der Waals surface area contributed by atoms with Gasteiger partial charge in [0.15, 0.2) is 0 Å². The standard InChI is InChI=1S/C18H22N2O2/c21-13-7-5-12(6-8-13)18(22)9-15-14-3-1-2-4-16(14)20-11-19-10-17(15)20/h1-4,10-13,15,18,21-22H,5-9H2. The van der Waals surface area contributed by atoms with Gasteiger partial charge in [-0.1, -0.05) is 18.2 Å². The van der Waals surface area contributed by atoms with E-state index in [9.17, 15) is 10.2 Å². The molecule has 0 radical (unpaired) electrons. The SMILES string of the molecule is OC1CCC(C(O)CC2c3ccccc3-n3cncc32)CC1. The molecule has 4 rings (SSSR count). The van der Waals surface area contributed by atoms with Gasteiger partial charge in [0.2, 0.25) is 0 Å². The van der Waals surface area contributed by atoms with Crippen molar-refractivity contribution in [2.24, 2.45) is 5.92 Å². The smallest absolute Gasteiger partial charge is 0.0994 e. The number of rotatable bonds is 3. The van der Waals surface area contributed by atoms with Crippen LogP contribution >= 0.6 is 0 Å². The number of hydrogen-bond acceptors (Lipinski definition) is 3. The zero-order valence-electron chi connectivity index (χ0n) is 12.6. The van der Waals surface area contributed by atoms with Gasteiger partial charge in [-0.2, -0.15) is 0 Å². The zero-order chi connectivity index (χ0) is 15.1. The highest BCUT2D eigenvalue weighted by Crippen LogP contribution is 2.42. The number of hydrogen-bond donors (Lipinski definition) is 2. The fourth-order valence-corrected chi connectivity index (χ4v) is 4.09. The summed E-state index contributed by atoms with van der Waals surface area (Å²) in [6.07, 6.45) is 7.53. The molecule has 4 nitrogen and oxygen atoms in total. The van der Waals surface area contributed by atoms with Crippen LogP contribution in [0.1, 0.15) is 49.3 Å². The van der Waals surface area contributed by atoms with Gasteiger partial charge in [-0.05, 0) is 49.7 Å². The van der Waals surface area contributed by atoms with E-state index in [1.165, 1.54) is 16.9 Å². The molecule has 2 heterocycles. The number of fused-ring (bicyclic) bond motifs is 3. The summed E-state index contributed by atoms with van der Waals surface area (Å²) in [4.78, 5) is 4.27. The predicted octanol–water partition coefficient (Wildman–Crippen LogP) is 2.62. The van der Waals surface area contributed by atoms with Crippen LogP contribution in [-0.4, -0.2) is 32.0 Å². The van der Waals surface area contributed by atoms with Gasteiger partial charge in [0, 0.05) is 12.1 Å². The molecule has 1 fully saturated rings. The highest BCUT2D eigenvalue weighted by molar-refractivity contribution is 5.53. The van der Waals surface area contributed by atoms with Crippen molar-refractivity contribution in [3.63, 3.8) is 0 Å². The van der Waals surface area contributed by atoms with Gasteiger partial charge in [0.1, 0.15) is 0 Å². The summed E-state index contributed by atoms with van der Waals surface area (Å²) >= 11 is 0. The van der Waals surface area contributed by atoms with E-state index < -0.39 is 0 Å². The fourth-order valence-electron chi connectivity index (χ4n) is 4.09. The van der Waals surface area contributed by atoms with E-state index in [4.69, 9.17) is 0 Å². The molecule has 1 aliphatic heterocycles. The molecule has 1 saturated carbocycles. The molecule has 1 aliphatic carbocycles. The van der Waals surface area contributed by atoms with Crippen molar-refractivity contribution in [1.82, 2.24) is 9.55 Å². The maximum Gasteiger partial charge on any atom is 0.0994 e. The fraction of sp³-hybridized carbons (Fsp3) is 0.500. The Morgan fingerprint density at radius 2 is 1.95 bits per heavy atom. The van der Waals surface area contributed by atoms with Gasteiger partial charge in [-0.25, -0.2) is 4.98 Å². The van der Waals surface area contributed by atoms with Gasteiger partial charge in [-0.3, -0.25) is 0 Å². The molecule has 0 amide bonds. The third-order valence-electron chi connectivity index (χ3n) is 5.36. The van der Waals surface area contributed by atoms with Crippen molar-refractivity contribution < 1.29 is 10.2 Å². The van der Waals surface area contributed by atoms with Gasteiger partial charge < -0.3 is 14.8 Å². The molecule has 4 heteroatoms. The lowest BCUT2D eigenvalue weighted by Crippen LogP contribution is -2.28. The van der Waals surface area contributed by atoms with Crippen molar-refractivity contribution in [3.8, 4) is 5.69 Å². The van der Waals surface area contributed by atoms with E-state index in [0.717, 1.165) is 32.1 Å². The molecular weight excluding hydrogens is 276 g/mol. The van der Waals surface area contributed by atoms with Crippen molar-refractivity contribution in [1.29, 1.82) is 0 Å². The number of imidazole rings is 1. The second-order valence-corrected chi connectivity index (χ2v) is 6.67. The first-order valence-corrected chi connectivity index (χ1v) is 8.21. The Morgan fingerprint density at radius 3 is 2.77 bits per heavy atom. The van der Waals surface area contributed by atoms with E-state index in [0.29, 0.717) is 5.92 Å². The normalized spacial score (nSPS) is 28.2. The summed E-state index contributed by atoms with van der Waals surface area (Å²) in [6, 6.07) is 8.38. The first-order valence-electron chi connectivity index (χ1n) is 8.21. The molecule has 2 unspecified atom stereocenters. The first-order chi connectivity index (χ1) is 10.7. The van der Waals surface area contributed by atoms with Crippen LogP contribution in [0, 0.1) is 5.92 Å². The summed E-state index contributed by atoms with van der Waals surface area (Å²) in [6.45, 7) is 0. The monoisotopic (exact) mass is 298 g/mol. The van der Waals surface area contributed by atoms with E-state index in [1.54, 1.807) is 0 Å². The lowest BCUT2D eigenvalue weighted by molar-refractivity contribution is 0.0358. The topological polar surface area (TPSA) is 58.3 Å². The van der Waals surface area contributed by atoms with E-state index in [1.807, 2.05) is 18.6 Å². The molecule has 1 aromatic heterocycles. The summed E-state index contributed by atoms with van der Waals surface area (Å²) < 4.78 is 2.14. The van der Waals surface area contributed by atoms with Crippen LogP contribution in [0.4, 0.5) is 0 Å². The largest absolute Gasteiger partial charge is 0.393 e. The third-order valence-corrected chi connectivity index (χ3v) is 5.36. The minimum Gasteiger partial charge on any atom is -0.393 e. The second kappa shape index (κ2) is 5.52. The quantitative estimate of drug-likeness (QED) is 0.916. The number of benzene rings is 1. The molecule has 1 aromatic carbocycles. The van der Waals surface area contributed by atoms with Crippen LogP contribution in [0.2, 0.25) is 0 Å².